The van der Waals surface area contributed by atoms with Crippen molar-refractivity contribution >= 4 is 11.6 Å². The standard InChI is InChI=1S/C13H19ClN2/c1-10(11-4-2-5-12(14)8-11)16-13-6-3-7-15-9-13/h2,4-5,8,10,13,15-16H,3,6-7,9H2,1H3/t10-,13?/m0/s1. The molecule has 2 nitrogen and oxygen atoms in total. The summed E-state index contributed by atoms with van der Waals surface area (Å²) in [7, 11) is 0. The van der Waals surface area contributed by atoms with Crippen molar-refractivity contribution in [2.24, 2.45) is 0 Å². The molecule has 0 radical (unpaired) electrons. The first-order valence-corrected chi connectivity index (χ1v) is 6.36. The highest BCUT2D eigenvalue weighted by Gasteiger charge is 2.15. The summed E-state index contributed by atoms with van der Waals surface area (Å²) in [5, 5.41) is 7.87. The van der Waals surface area contributed by atoms with Crippen LogP contribution < -0.4 is 10.6 Å². The van der Waals surface area contributed by atoms with Crippen LogP contribution in [0.25, 0.3) is 0 Å². The summed E-state index contributed by atoms with van der Waals surface area (Å²) < 4.78 is 0. The zero-order valence-electron chi connectivity index (χ0n) is 9.67. The molecular weight excluding hydrogens is 220 g/mol. The molecular formula is C13H19ClN2. The van der Waals surface area contributed by atoms with E-state index in [4.69, 9.17) is 11.6 Å². The van der Waals surface area contributed by atoms with Gasteiger partial charge in [0, 0.05) is 23.7 Å². The predicted octanol–water partition coefficient (Wildman–Crippen LogP) is 2.74. The summed E-state index contributed by atoms with van der Waals surface area (Å²) >= 11 is 5.99. The molecule has 0 bridgehead atoms. The monoisotopic (exact) mass is 238 g/mol. The van der Waals surface area contributed by atoms with Gasteiger partial charge in [0.15, 0.2) is 0 Å². The highest BCUT2D eigenvalue weighted by atomic mass is 35.5. The van der Waals surface area contributed by atoms with Gasteiger partial charge in [0.25, 0.3) is 0 Å². The fourth-order valence-corrected chi connectivity index (χ4v) is 2.42. The number of hydrogen-bond donors (Lipinski definition) is 2. The Bertz CT molecular complexity index is 334. The molecule has 2 atom stereocenters. The van der Waals surface area contributed by atoms with E-state index >= 15 is 0 Å². The van der Waals surface area contributed by atoms with Gasteiger partial charge in [0.2, 0.25) is 0 Å². The van der Waals surface area contributed by atoms with E-state index in [1.165, 1.54) is 18.4 Å². The summed E-state index contributed by atoms with van der Waals surface area (Å²) in [6.07, 6.45) is 2.53. The van der Waals surface area contributed by atoms with Crippen LogP contribution in [0, 0.1) is 0 Å². The molecule has 16 heavy (non-hydrogen) atoms. The second kappa shape index (κ2) is 5.67. The SMILES string of the molecule is C[C@H](NC1CCCNC1)c1cccc(Cl)c1. The minimum Gasteiger partial charge on any atom is -0.315 e. The third-order valence-corrected chi connectivity index (χ3v) is 3.37. The van der Waals surface area contributed by atoms with Gasteiger partial charge in [0.1, 0.15) is 0 Å². The molecule has 1 aromatic carbocycles. The average molecular weight is 239 g/mol. The maximum atomic E-state index is 5.99. The Kier molecular flexibility index (Phi) is 4.22. The predicted molar refractivity (Wildman–Crippen MR) is 68.9 cm³/mol. The Morgan fingerprint density at radius 2 is 2.38 bits per heavy atom. The minimum absolute atomic E-state index is 0.364. The second-order valence-electron chi connectivity index (χ2n) is 4.49. The largest absolute Gasteiger partial charge is 0.315 e. The highest BCUT2D eigenvalue weighted by molar-refractivity contribution is 6.30. The van der Waals surface area contributed by atoms with Crippen molar-refractivity contribution in [1.82, 2.24) is 10.6 Å². The van der Waals surface area contributed by atoms with E-state index in [-0.39, 0.29) is 0 Å². The van der Waals surface area contributed by atoms with E-state index in [2.05, 4.69) is 23.6 Å². The smallest absolute Gasteiger partial charge is 0.0409 e. The van der Waals surface area contributed by atoms with Crippen molar-refractivity contribution in [1.29, 1.82) is 0 Å². The van der Waals surface area contributed by atoms with E-state index in [1.807, 2.05) is 18.2 Å². The van der Waals surface area contributed by atoms with Gasteiger partial charge in [0.05, 0.1) is 0 Å². The van der Waals surface area contributed by atoms with Crippen molar-refractivity contribution in [3.63, 3.8) is 0 Å². The average Bonchev–Trinajstić information content (AvgIpc) is 2.30. The third kappa shape index (κ3) is 3.21. The Balaban J connectivity index is 1.94. The molecule has 1 unspecified atom stereocenters. The summed E-state index contributed by atoms with van der Waals surface area (Å²) in [6.45, 7) is 4.43. The van der Waals surface area contributed by atoms with Crippen LogP contribution in [0.4, 0.5) is 0 Å². The van der Waals surface area contributed by atoms with E-state index in [0.29, 0.717) is 12.1 Å². The molecule has 3 heteroatoms. The van der Waals surface area contributed by atoms with Crippen LogP contribution in [-0.4, -0.2) is 19.1 Å². The molecule has 1 saturated heterocycles. The van der Waals surface area contributed by atoms with Gasteiger partial charge in [-0.2, -0.15) is 0 Å². The van der Waals surface area contributed by atoms with Gasteiger partial charge >= 0.3 is 0 Å². The van der Waals surface area contributed by atoms with E-state index in [0.717, 1.165) is 18.1 Å². The van der Waals surface area contributed by atoms with Gasteiger partial charge in [-0.25, -0.2) is 0 Å². The molecule has 1 fully saturated rings. The maximum absolute atomic E-state index is 5.99. The molecule has 0 saturated carbocycles. The fourth-order valence-electron chi connectivity index (χ4n) is 2.22. The Morgan fingerprint density at radius 3 is 3.06 bits per heavy atom. The summed E-state index contributed by atoms with van der Waals surface area (Å²) in [5.74, 6) is 0. The van der Waals surface area contributed by atoms with Gasteiger partial charge in [-0.15, -0.1) is 0 Å². The van der Waals surface area contributed by atoms with Crippen LogP contribution in [0.1, 0.15) is 31.4 Å². The molecule has 2 rings (SSSR count). The van der Waals surface area contributed by atoms with E-state index in [9.17, 15) is 0 Å². The van der Waals surface area contributed by atoms with Crippen LogP contribution in [0.3, 0.4) is 0 Å². The quantitative estimate of drug-likeness (QED) is 0.846. The number of halogens is 1. The van der Waals surface area contributed by atoms with Gasteiger partial charge in [-0.1, -0.05) is 23.7 Å². The van der Waals surface area contributed by atoms with Crippen molar-refractivity contribution in [2.75, 3.05) is 13.1 Å². The van der Waals surface area contributed by atoms with Crippen LogP contribution in [-0.2, 0) is 0 Å². The lowest BCUT2D eigenvalue weighted by Gasteiger charge is -2.27. The first kappa shape index (κ1) is 11.9. The number of hydrogen-bond acceptors (Lipinski definition) is 2. The maximum Gasteiger partial charge on any atom is 0.0409 e. The molecule has 1 aliphatic heterocycles. The van der Waals surface area contributed by atoms with Gasteiger partial charge in [-0.05, 0) is 44.0 Å². The van der Waals surface area contributed by atoms with Crippen LogP contribution in [0.2, 0.25) is 5.02 Å². The minimum atomic E-state index is 0.364. The molecule has 1 heterocycles. The van der Waals surface area contributed by atoms with Crippen LogP contribution in [0.15, 0.2) is 24.3 Å². The fraction of sp³-hybridized carbons (Fsp3) is 0.538. The number of nitrogens with one attached hydrogen (secondary N) is 2. The Labute approximate surface area is 102 Å². The molecule has 2 N–H and O–H groups in total. The van der Waals surface area contributed by atoms with E-state index < -0.39 is 0 Å². The molecule has 88 valence electrons. The Hall–Kier alpha value is -0.570. The highest BCUT2D eigenvalue weighted by Crippen LogP contribution is 2.18. The number of rotatable bonds is 3. The van der Waals surface area contributed by atoms with Crippen LogP contribution in [0.5, 0.6) is 0 Å². The van der Waals surface area contributed by atoms with Crippen LogP contribution >= 0.6 is 11.6 Å². The van der Waals surface area contributed by atoms with Gasteiger partial charge < -0.3 is 10.6 Å². The number of benzene rings is 1. The first-order valence-electron chi connectivity index (χ1n) is 5.98. The van der Waals surface area contributed by atoms with E-state index in [1.54, 1.807) is 0 Å². The summed E-state index contributed by atoms with van der Waals surface area (Å²) in [6, 6.07) is 9.04. The lowest BCUT2D eigenvalue weighted by molar-refractivity contribution is 0.362. The summed E-state index contributed by atoms with van der Waals surface area (Å²) in [5.41, 5.74) is 1.26. The van der Waals surface area contributed by atoms with Gasteiger partial charge in [-0.3, -0.25) is 0 Å². The molecule has 0 aliphatic carbocycles. The van der Waals surface area contributed by atoms with Crippen molar-refractivity contribution < 1.29 is 0 Å². The van der Waals surface area contributed by atoms with Crippen molar-refractivity contribution in [2.45, 2.75) is 31.8 Å². The summed E-state index contributed by atoms with van der Waals surface area (Å²) in [4.78, 5) is 0. The zero-order valence-corrected chi connectivity index (χ0v) is 10.4. The molecule has 0 spiro atoms. The molecule has 0 amide bonds. The Morgan fingerprint density at radius 1 is 1.50 bits per heavy atom. The third-order valence-electron chi connectivity index (χ3n) is 3.13. The normalized spacial score (nSPS) is 23.0. The van der Waals surface area contributed by atoms with Crippen molar-refractivity contribution in [3.05, 3.63) is 34.9 Å². The molecule has 1 aromatic rings. The second-order valence-corrected chi connectivity index (χ2v) is 4.92. The molecule has 0 aromatic heterocycles. The first-order chi connectivity index (χ1) is 7.75. The lowest BCUT2D eigenvalue weighted by atomic mass is 10.0. The zero-order chi connectivity index (χ0) is 11.4. The molecule has 1 aliphatic rings. The number of piperidine rings is 1. The topological polar surface area (TPSA) is 24.1 Å². The lowest BCUT2D eigenvalue weighted by Crippen LogP contribution is -2.43. The van der Waals surface area contributed by atoms with Crippen molar-refractivity contribution in [3.8, 4) is 0 Å².